The van der Waals surface area contributed by atoms with Gasteiger partial charge in [-0.1, -0.05) is 78.9 Å². The number of nitrogens with zero attached hydrogens (tertiary/aromatic N) is 1. The summed E-state index contributed by atoms with van der Waals surface area (Å²) in [5, 5.41) is 13.6. The Morgan fingerprint density at radius 3 is 2.44 bits per heavy atom. The number of fused-ring (bicyclic) bond motifs is 1. The van der Waals surface area contributed by atoms with Gasteiger partial charge in [-0.2, -0.15) is 0 Å². The lowest BCUT2D eigenvalue weighted by Crippen LogP contribution is -2.15. The largest absolute Gasteiger partial charge is 0.384 e. The minimum Gasteiger partial charge on any atom is -0.384 e. The average molecular weight is 355 g/mol. The summed E-state index contributed by atoms with van der Waals surface area (Å²) in [5.74, 6) is 0. The van der Waals surface area contributed by atoms with E-state index in [0.717, 1.165) is 40.4 Å². The third-order valence-corrected chi connectivity index (χ3v) is 5.20. The fourth-order valence-corrected chi connectivity index (χ4v) is 3.98. The second-order valence-electron chi connectivity index (χ2n) is 7.41. The van der Waals surface area contributed by atoms with Crippen LogP contribution in [0.15, 0.2) is 84.5 Å². The molecular formula is C25H25NO. The molecule has 0 fully saturated rings. The Morgan fingerprint density at radius 2 is 1.67 bits per heavy atom. The lowest BCUT2D eigenvalue weighted by atomic mass is 9.87. The highest BCUT2D eigenvalue weighted by atomic mass is 16.3. The van der Waals surface area contributed by atoms with Crippen LogP contribution in [0.5, 0.6) is 0 Å². The Balaban J connectivity index is 1.94. The van der Waals surface area contributed by atoms with Gasteiger partial charge in [0.2, 0.25) is 0 Å². The molecule has 27 heavy (non-hydrogen) atoms. The van der Waals surface area contributed by atoms with E-state index in [4.69, 9.17) is 0 Å². The zero-order valence-electron chi connectivity index (χ0n) is 15.9. The Bertz CT molecular complexity index is 1010. The summed E-state index contributed by atoms with van der Waals surface area (Å²) in [6.45, 7) is 0.902. The first kappa shape index (κ1) is 17.7. The lowest BCUT2D eigenvalue weighted by molar-refractivity contribution is 0.221. The van der Waals surface area contributed by atoms with Gasteiger partial charge in [-0.25, -0.2) is 0 Å². The van der Waals surface area contributed by atoms with Crippen molar-refractivity contribution < 1.29 is 5.11 Å². The Labute approximate surface area is 161 Å². The van der Waals surface area contributed by atoms with Gasteiger partial charge in [0.05, 0.1) is 0 Å². The summed E-state index contributed by atoms with van der Waals surface area (Å²) >= 11 is 0. The van der Waals surface area contributed by atoms with Crippen LogP contribution in [0.4, 0.5) is 0 Å². The maximum absolute atomic E-state index is 11.3. The molecule has 136 valence electrons. The van der Waals surface area contributed by atoms with Crippen molar-refractivity contribution in [2.75, 3.05) is 20.6 Å². The van der Waals surface area contributed by atoms with Gasteiger partial charge in [-0.3, -0.25) is 0 Å². The fraction of sp³-hybridized carbons (Fsp3) is 0.200. The summed E-state index contributed by atoms with van der Waals surface area (Å²) in [4.78, 5) is 2.19. The molecule has 0 spiro atoms. The van der Waals surface area contributed by atoms with Crippen LogP contribution in [-0.2, 0) is 0 Å². The molecule has 3 aromatic rings. The van der Waals surface area contributed by atoms with Crippen LogP contribution in [-0.4, -0.2) is 30.6 Å². The second-order valence-corrected chi connectivity index (χ2v) is 7.41. The molecule has 0 saturated heterocycles. The number of likely N-dealkylation sites (N-methyl/N-ethyl adjacent to an activating group) is 1. The van der Waals surface area contributed by atoms with Crippen molar-refractivity contribution in [3.63, 3.8) is 0 Å². The van der Waals surface area contributed by atoms with E-state index >= 15 is 0 Å². The highest BCUT2D eigenvalue weighted by Crippen LogP contribution is 2.39. The van der Waals surface area contributed by atoms with Crippen molar-refractivity contribution in [1.82, 2.24) is 4.90 Å². The average Bonchev–Trinajstić information content (AvgIpc) is 3.14. The first-order valence-corrected chi connectivity index (χ1v) is 9.43. The van der Waals surface area contributed by atoms with Gasteiger partial charge in [0, 0.05) is 12.1 Å². The number of aliphatic hydroxyl groups excluding tert-OH is 1. The van der Waals surface area contributed by atoms with Crippen LogP contribution >= 0.6 is 0 Å². The van der Waals surface area contributed by atoms with E-state index < -0.39 is 6.10 Å². The predicted molar refractivity (Wildman–Crippen MR) is 114 cm³/mol. The van der Waals surface area contributed by atoms with Crippen LogP contribution in [0.3, 0.4) is 0 Å². The van der Waals surface area contributed by atoms with Gasteiger partial charge >= 0.3 is 0 Å². The molecule has 1 unspecified atom stereocenters. The quantitative estimate of drug-likeness (QED) is 0.680. The van der Waals surface area contributed by atoms with E-state index in [-0.39, 0.29) is 0 Å². The molecule has 2 heteroatoms. The van der Waals surface area contributed by atoms with E-state index in [1.807, 2.05) is 30.3 Å². The van der Waals surface area contributed by atoms with Crippen LogP contribution in [0, 0.1) is 0 Å². The molecular weight excluding hydrogens is 330 g/mol. The van der Waals surface area contributed by atoms with Crippen molar-refractivity contribution in [3.05, 3.63) is 101 Å². The van der Waals surface area contributed by atoms with Gasteiger partial charge in [0.1, 0.15) is 6.10 Å². The topological polar surface area (TPSA) is 23.5 Å². The molecule has 0 bridgehead atoms. The Hall–Kier alpha value is -2.68. The Kier molecular flexibility index (Phi) is 4.93. The van der Waals surface area contributed by atoms with Crippen LogP contribution in [0.2, 0.25) is 0 Å². The summed E-state index contributed by atoms with van der Waals surface area (Å²) in [5.41, 5.74) is 5.74. The molecule has 2 nitrogen and oxygen atoms in total. The third-order valence-electron chi connectivity index (χ3n) is 5.20. The van der Waals surface area contributed by atoms with Crippen LogP contribution in [0.1, 0.15) is 29.2 Å². The summed E-state index contributed by atoms with van der Waals surface area (Å²) in [6.07, 6.45) is 4.71. The van der Waals surface area contributed by atoms with E-state index in [1.54, 1.807) is 0 Å². The number of benzene rings is 3. The molecule has 1 atom stereocenters. The highest BCUT2D eigenvalue weighted by molar-refractivity contribution is 5.92. The van der Waals surface area contributed by atoms with E-state index in [2.05, 4.69) is 67.5 Å². The van der Waals surface area contributed by atoms with Crippen molar-refractivity contribution >= 4 is 16.3 Å². The third kappa shape index (κ3) is 3.46. The number of aliphatic hydroxyl groups is 1. The molecule has 0 amide bonds. The van der Waals surface area contributed by atoms with E-state index in [0.29, 0.717) is 0 Å². The van der Waals surface area contributed by atoms with Crippen LogP contribution in [0.25, 0.3) is 16.3 Å². The SMILES string of the molecule is CN(C)CC1=C(c2ccc3ccccc3c2C(O)c2ccccc2)CC=C1. The van der Waals surface area contributed by atoms with Crippen molar-refractivity contribution in [2.24, 2.45) is 0 Å². The minimum atomic E-state index is -0.652. The molecule has 1 aliphatic rings. The molecule has 0 radical (unpaired) electrons. The molecule has 0 saturated carbocycles. The zero-order chi connectivity index (χ0) is 18.8. The van der Waals surface area contributed by atoms with Gasteiger partial charge in [0.25, 0.3) is 0 Å². The highest BCUT2D eigenvalue weighted by Gasteiger charge is 2.22. The number of hydrogen-bond acceptors (Lipinski definition) is 2. The minimum absolute atomic E-state index is 0.652. The molecule has 1 aliphatic carbocycles. The second kappa shape index (κ2) is 7.51. The number of allylic oxidation sites excluding steroid dienone is 2. The first-order valence-electron chi connectivity index (χ1n) is 9.43. The maximum atomic E-state index is 11.3. The molecule has 0 aromatic heterocycles. The monoisotopic (exact) mass is 355 g/mol. The van der Waals surface area contributed by atoms with Gasteiger partial charge < -0.3 is 10.0 Å². The van der Waals surface area contributed by atoms with Gasteiger partial charge in [0.15, 0.2) is 0 Å². The molecule has 3 aromatic carbocycles. The van der Waals surface area contributed by atoms with Crippen LogP contribution < -0.4 is 0 Å². The maximum Gasteiger partial charge on any atom is 0.105 e. The van der Waals surface area contributed by atoms with Crippen molar-refractivity contribution in [1.29, 1.82) is 0 Å². The molecule has 0 aliphatic heterocycles. The van der Waals surface area contributed by atoms with E-state index in [1.165, 1.54) is 11.1 Å². The number of hydrogen-bond donors (Lipinski definition) is 1. The molecule has 0 heterocycles. The summed E-state index contributed by atoms with van der Waals surface area (Å²) in [6, 6.07) is 22.6. The predicted octanol–water partition coefficient (Wildman–Crippen LogP) is 5.20. The smallest absolute Gasteiger partial charge is 0.105 e. The van der Waals surface area contributed by atoms with Crippen molar-refractivity contribution in [3.8, 4) is 0 Å². The normalized spacial score (nSPS) is 15.1. The standard InChI is InChI=1S/C25H25NO/c1-26(2)17-20-12-8-14-21(20)23-16-15-18-9-6-7-13-22(18)24(23)25(27)19-10-4-3-5-11-19/h3-13,15-16,25,27H,14,17H2,1-2H3. The lowest BCUT2D eigenvalue weighted by Gasteiger charge is -2.21. The Morgan fingerprint density at radius 1 is 0.926 bits per heavy atom. The van der Waals surface area contributed by atoms with E-state index in [9.17, 15) is 5.11 Å². The molecule has 4 rings (SSSR count). The summed E-state index contributed by atoms with van der Waals surface area (Å²) < 4.78 is 0. The first-order chi connectivity index (χ1) is 13.1. The zero-order valence-corrected chi connectivity index (χ0v) is 15.9. The van der Waals surface area contributed by atoms with Crippen molar-refractivity contribution in [2.45, 2.75) is 12.5 Å². The van der Waals surface area contributed by atoms with Gasteiger partial charge in [-0.15, -0.1) is 0 Å². The summed E-state index contributed by atoms with van der Waals surface area (Å²) in [7, 11) is 4.19. The fourth-order valence-electron chi connectivity index (χ4n) is 3.98. The number of rotatable bonds is 5. The van der Waals surface area contributed by atoms with Gasteiger partial charge in [-0.05, 0) is 53.6 Å². The molecule has 1 N–H and O–H groups in total.